The Bertz CT molecular complexity index is 1650. The predicted molar refractivity (Wildman–Crippen MR) is 152 cm³/mol. The van der Waals surface area contributed by atoms with Gasteiger partial charge in [0.15, 0.2) is 5.82 Å². The van der Waals surface area contributed by atoms with Gasteiger partial charge in [-0.2, -0.15) is 5.10 Å². The topological polar surface area (TPSA) is 152 Å². The van der Waals surface area contributed by atoms with E-state index < -0.39 is 17.9 Å². The molecule has 1 atom stereocenters. The Labute approximate surface area is 240 Å². The summed E-state index contributed by atoms with van der Waals surface area (Å²) in [6, 6.07) is 18.4. The Morgan fingerprint density at radius 2 is 1.81 bits per heavy atom. The second kappa shape index (κ2) is 12.9. The number of carboxylic acid groups (broad SMARTS) is 1. The summed E-state index contributed by atoms with van der Waals surface area (Å²) in [5.74, 6) is -1.35. The first kappa shape index (κ1) is 28.3. The molecule has 3 aromatic heterocycles. The lowest BCUT2D eigenvalue weighted by molar-refractivity contribution is -0.137. The highest BCUT2D eigenvalue weighted by Gasteiger charge is 2.21. The standard InChI is InChI=1S/C30H29FN8O3/c1-2-5-23-16-27(30(42)33-22(15-28(40)41)14-19-8-11-21(31)12-9-19)36-39(23)18-20-10-13-26(32-17-20)24-6-3-4-7-25(24)29-34-37-38-35-29/h3-4,6-13,16-17,22H,2,5,14-15,18H2,1H3,(H,33,42)(H,40,41)(H,34,35,37,38)/t22-/m1/s1. The molecule has 0 aliphatic rings. The smallest absolute Gasteiger partial charge is 0.305 e. The number of benzene rings is 2. The molecule has 0 aliphatic heterocycles. The normalized spacial score (nSPS) is 11.8. The molecule has 5 rings (SSSR count). The Morgan fingerprint density at radius 1 is 1.05 bits per heavy atom. The van der Waals surface area contributed by atoms with Crippen molar-refractivity contribution in [2.24, 2.45) is 0 Å². The number of tetrazole rings is 1. The van der Waals surface area contributed by atoms with Gasteiger partial charge in [-0.3, -0.25) is 19.3 Å². The van der Waals surface area contributed by atoms with Crippen LogP contribution in [0.5, 0.6) is 0 Å². The summed E-state index contributed by atoms with van der Waals surface area (Å²) >= 11 is 0. The summed E-state index contributed by atoms with van der Waals surface area (Å²) in [7, 11) is 0. The summed E-state index contributed by atoms with van der Waals surface area (Å²) in [6.07, 6.45) is 3.30. The van der Waals surface area contributed by atoms with E-state index in [0.29, 0.717) is 18.8 Å². The van der Waals surface area contributed by atoms with E-state index in [1.807, 2.05) is 43.3 Å². The molecule has 2 aromatic carbocycles. The lowest BCUT2D eigenvalue weighted by atomic mass is 10.0. The maximum atomic E-state index is 13.3. The van der Waals surface area contributed by atoms with E-state index in [1.165, 1.54) is 12.1 Å². The highest BCUT2D eigenvalue weighted by atomic mass is 19.1. The van der Waals surface area contributed by atoms with Crippen LogP contribution in [0.3, 0.4) is 0 Å². The molecule has 5 aromatic rings. The number of aromatic nitrogens is 7. The van der Waals surface area contributed by atoms with Crippen LogP contribution in [0.15, 0.2) is 72.9 Å². The van der Waals surface area contributed by atoms with Crippen molar-refractivity contribution in [1.29, 1.82) is 0 Å². The van der Waals surface area contributed by atoms with Crippen LogP contribution in [-0.2, 0) is 24.2 Å². The van der Waals surface area contributed by atoms with Gasteiger partial charge >= 0.3 is 5.97 Å². The molecule has 0 aliphatic carbocycles. The minimum atomic E-state index is -1.05. The van der Waals surface area contributed by atoms with Gasteiger partial charge in [0.05, 0.1) is 18.7 Å². The molecule has 0 saturated carbocycles. The third kappa shape index (κ3) is 6.89. The number of hydrogen-bond acceptors (Lipinski definition) is 7. The van der Waals surface area contributed by atoms with E-state index in [4.69, 9.17) is 0 Å². The lowest BCUT2D eigenvalue weighted by Crippen LogP contribution is -2.38. The SMILES string of the molecule is CCCc1cc(C(=O)N[C@@H](CC(=O)O)Cc2ccc(F)cc2)nn1Cc1ccc(-c2ccccc2-c2nnn[nH]2)nc1. The molecule has 3 N–H and O–H groups in total. The number of carbonyl (C=O) groups excluding carboxylic acids is 1. The Hall–Kier alpha value is -5.26. The molecule has 214 valence electrons. The fourth-order valence-corrected chi connectivity index (χ4v) is 4.75. The van der Waals surface area contributed by atoms with Crippen molar-refractivity contribution in [2.45, 2.75) is 45.2 Å². The van der Waals surface area contributed by atoms with Gasteiger partial charge in [-0.15, -0.1) is 5.10 Å². The zero-order valence-electron chi connectivity index (χ0n) is 22.9. The minimum Gasteiger partial charge on any atom is -0.481 e. The first-order valence-electron chi connectivity index (χ1n) is 13.5. The number of aliphatic carboxylic acids is 1. The summed E-state index contributed by atoms with van der Waals surface area (Å²) < 4.78 is 15.1. The van der Waals surface area contributed by atoms with E-state index in [9.17, 15) is 19.1 Å². The molecule has 0 unspecified atom stereocenters. The molecule has 0 bridgehead atoms. The van der Waals surface area contributed by atoms with E-state index >= 15 is 0 Å². The van der Waals surface area contributed by atoms with Gasteiger partial charge in [-0.1, -0.05) is 55.8 Å². The van der Waals surface area contributed by atoms with Gasteiger partial charge in [-0.05, 0) is 58.7 Å². The number of H-pyrrole nitrogens is 1. The monoisotopic (exact) mass is 568 g/mol. The van der Waals surface area contributed by atoms with Crippen LogP contribution in [0.2, 0.25) is 0 Å². The molecule has 0 saturated heterocycles. The van der Waals surface area contributed by atoms with E-state index in [1.54, 1.807) is 29.1 Å². The number of aryl methyl sites for hydroxylation is 1. The zero-order chi connectivity index (χ0) is 29.5. The summed E-state index contributed by atoms with van der Waals surface area (Å²) in [4.78, 5) is 29.3. The minimum absolute atomic E-state index is 0.201. The van der Waals surface area contributed by atoms with Gasteiger partial charge in [0.2, 0.25) is 0 Å². The quantitative estimate of drug-likeness (QED) is 0.204. The van der Waals surface area contributed by atoms with Crippen molar-refractivity contribution in [1.82, 2.24) is 40.7 Å². The van der Waals surface area contributed by atoms with E-state index in [-0.39, 0.29) is 24.4 Å². The molecule has 1 amide bonds. The number of rotatable bonds is 12. The highest BCUT2D eigenvalue weighted by Crippen LogP contribution is 2.28. The van der Waals surface area contributed by atoms with Crippen LogP contribution >= 0.6 is 0 Å². The van der Waals surface area contributed by atoms with Crippen molar-refractivity contribution >= 4 is 11.9 Å². The fourth-order valence-electron chi connectivity index (χ4n) is 4.75. The van der Waals surface area contributed by atoms with Gasteiger partial charge < -0.3 is 10.4 Å². The Kier molecular flexibility index (Phi) is 8.71. The Balaban J connectivity index is 1.32. The third-order valence-corrected chi connectivity index (χ3v) is 6.71. The van der Waals surface area contributed by atoms with Crippen LogP contribution in [0.1, 0.15) is 47.1 Å². The van der Waals surface area contributed by atoms with Gasteiger partial charge in [0.1, 0.15) is 11.5 Å². The van der Waals surface area contributed by atoms with Crippen LogP contribution < -0.4 is 5.32 Å². The van der Waals surface area contributed by atoms with E-state index in [0.717, 1.165) is 40.1 Å². The number of pyridine rings is 1. The largest absolute Gasteiger partial charge is 0.481 e. The highest BCUT2D eigenvalue weighted by molar-refractivity contribution is 5.93. The van der Waals surface area contributed by atoms with Gasteiger partial charge in [0, 0.05) is 29.1 Å². The van der Waals surface area contributed by atoms with Crippen LogP contribution in [-0.4, -0.2) is 58.4 Å². The molecule has 0 radical (unpaired) electrons. The lowest BCUT2D eigenvalue weighted by Gasteiger charge is -2.16. The van der Waals surface area contributed by atoms with Crippen molar-refractivity contribution in [3.05, 3.63) is 101 Å². The third-order valence-electron chi connectivity index (χ3n) is 6.71. The molecule has 0 fully saturated rings. The molecular weight excluding hydrogens is 539 g/mol. The molecule has 0 spiro atoms. The number of hydrogen-bond donors (Lipinski definition) is 3. The number of nitrogens with one attached hydrogen (secondary N) is 2. The second-order valence-electron chi connectivity index (χ2n) is 9.87. The molecule has 11 nitrogen and oxygen atoms in total. The van der Waals surface area contributed by atoms with Crippen LogP contribution in [0.25, 0.3) is 22.6 Å². The van der Waals surface area contributed by atoms with Gasteiger partial charge in [-0.25, -0.2) is 9.49 Å². The van der Waals surface area contributed by atoms with Crippen molar-refractivity contribution in [3.63, 3.8) is 0 Å². The number of aromatic amines is 1. The van der Waals surface area contributed by atoms with Gasteiger partial charge in [0.25, 0.3) is 5.91 Å². The van der Waals surface area contributed by atoms with Crippen molar-refractivity contribution in [2.75, 3.05) is 0 Å². The maximum Gasteiger partial charge on any atom is 0.305 e. The predicted octanol–water partition coefficient (Wildman–Crippen LogP) is 4.08. The summed E-state index contributed by atoms with van der Waals surface area (Å²) in [6.45, 7) is 2.44. The second-order valence-corrected chi connectivity index (χ2v) is 9.87. The maximum absolute atomic E-state index is 13.3. The first-order valence-corrected chi connectivity index (χ1v) is 13.5. The van der Waals surface area contributed by atoms with Crippen molar-refractivity contribution < 1.29 is 19.1 Å². The average molecular weight is 569 g/mol. The first-order chi connectivity index (χ1) is 20.4. The molecule has 42 heavy (non-hydrogen) atoms. The summed E-state index contributed by atoms with van der Waals surface area (Å²) in [5.41, 5.74) is 5.16. The number of carbonyl (C=O) groups is 2. The fraction of sp³-hybridized carbons (Fsp3) is 0.233. The summed E-state index contributed by atoms with van der Waals surface area (Å²) in [5, 5.41) is 30.9. The molecule has 12 heteroatoms. The van der Waals surface area contributed by atoms with Crippen LogP contribution in [0.4, 0.5) is 4.39 Å². The molecular formula is C30H29FN8O3. The van der Waals surface area contributed by atoms with Crippen LogP contribution in [0, 0.1) is 5.82 Å². The average Bonchev–Trinajstić information content (AvgIpc) is 3.66. The number of amides is 1. The number of carboxylic acids is 1. The number of nitrogens with zero attached hydrogens (tertiary/aromatic N) is 6. The molecule has 3 heterocycles. The van der Waals surface area contributed by atoms with E-state index in [2.05, 4.69) is 36.0 Å². The number of halogens is 1. The zero-order valence-corrected chi connectivity index (χ0v) is 22.9. The van der Waals surface area contributed by atoms with Crippen molar-refractivity contribution in [3.8, 4) is 22.6 Å². The Morgan fingerprint density at radius 3 is 2.48 bits per heavy atom.